The minimum absolute atomic E-state index is 0. The van der Waals surface area contributed by atoms with Crippen molar-refractivity contribution in [3.8, 4) is 5.75 Å². The van der Waals surface area contributed by atoms with Gasteiger partial charge in [0.05, 0.1) is 9.92 Å². The van der Waals surface area contributed by atoms with Gasteiger partial charge in [-0.05, 0) is 31.0 Å². The van der Waals surface area contributed by atoms with E-state index in [4.69, 9.17) is 17.3 Å². The number of sulfonamides is 1. The minimum atomic E-state index is -3.84. The molecule has 1 aliphatic rings. The van der Waals surface area contributed by atoms with E-state index in [-0.39, 0.29) is 34.6 Å². The van der Waals surface area contributed by atoms with Crippen LogP contribution in [0.3, 0.4) is 0 Å². The van der Waals surface area contributed by atoms with Gasteiger partial charge in [0.2, 0.25) is 10.0 Å². The van der Waals surface area contributed by atoms with Crippen molar-refractivity contribution in [1.82, 2.24) is 4.72 Å². The standard InChI is InChI=1S/C13H17ClF2N2O3S.ClH/c14-10-7-9(3-4-11(10)21-12(15)16)22(19,20)18-13(8-17)5-1-2-6-13;/h3-4,7,12,18H,1-2,5-6,8,17H2;1H. The van der Waals surface area contributed by atoms with Gasteiger partial charge in [-0.25, -0.2) is 13.1 Å². The van der Waals surface area contributed by atoms with Gasteiger partial charge in [0.1, 0.15) is 5.75 Å². The summed E-state index contributed by atoms with van der Waals surface area (Å²) >= 11 is 5.79. The summed E-state index contributed by atoms with van der Waals surface area (Å²) < 4.78 is 56.0. The molecule has 2 rings (SSSR count). The summed E-state index contributed by atoms with van der Waals surface area (Å²) in [5.74, 6) is -0.273. The summed E-state index contributed by atoms with van der Waals surface area (Å²) in [7, 11) is -3.84. The fraction of sp³-hybridized carbons (Fsp3) is 0.538. The van der Waals surface area contributed by atoms with E-state index in [1.54, 1.807) is 0 Å². The number of nitrogens with two attached hydrogens (primary N) is 1. The average Bonchev–Trinajstić information content (AvgIpc) is 2.89. The predicted octanol–water partition coefficient (Wildman–Crippen LogP) is 2.91. The van der Waals surface area contributed by atoms with Crippen molar-refractivity contribution in [2.24, 2.45) is 5.73 Å². The number of ether oxygens (including phenoxy) is 1. The largest absolute Gasteiger partial charge is 0.433 e. The molecular formula is C13H18Cl2F2N2O3S. The molecule has 0 heterocycles. The van der Waals surface area contributed by atoms with E-state index in [1.807, 2.05) is 0 Å². The first kappa shape index (κ1) is 20.4. The molecule has 0 aliphatic heterocycles. The molecule has 0 saturated heterocycles. The summed E-state index contributed by atoms with van der Waals surface area (Å²) in [5, 5.41) is -0.198. The molecule has 1 fully saturated rings. The molecule has 0 amide bonds. The molecule has 132 valence electrons. The Morgan fingerprint density at radius 1 is 1.35 bits per heavy atom. The molecule has 1 aliphatic carbocycles. The zero-order valence-corrected chi connectivity index (χ0v) is 14.5. The van der Waals surface area contributed by atoms with E-state index < -0.39 is 22.2 Å². The molecule has 0 unspecified atom stereocenters. The van der Waals surface area contributed by atoms with Crippen LogP contribution >= 0.6 is 24.0 Å². The van der Waals surface area contributed by atoms with Gasteiger partial charge in [0, 0.05) is 12.1 Å². The maximum absolute atomic E-state index is 12.4. The van der Waals surface area contributed by atoms with E-state index in [1.165, 1.54) is 6.07 Å². The van der Waals surface area contributed by atoms with Crippen molar-refractivity contribution >= 4 is 34.0 Å². The Bertz CT molecular complexity index is 638. The molecule has 0 spiro atoms. The lowest BCUT2D eigenvalue weighted by Crippen LogP contribution is -2.51. The number of hydrogen-bond acceptors (Lipinski definition) is 4. The predicted molar refractivity (Wildman–Crippen MR) is 85.9 cm³/mol. The Kier molecular flexibility index (Phi) is 7.03. The SMILES string of the molecule is Cl.NCC1(NS(=O)(=O)c2ccc(OC(F)F)c(Cl)c2)CCCC1. The van der Waals surface area contributed by atoms with Crippen LogP contribution < -0.4 is 15.2 Å². The van der Waals surface area contributed by atoms with Crippen LogP contribution in [0, 0.1) is 0 Å². The minimum Gasteiger partial charge on any atom is -0.433 e. The summed E-state index contributed by atoms with van der Waals surface area (Å²) in [4.78, 5) is -0.112. The number of nitrogens with one attached hydrogen (secondary N) is 1. The third-order valence-corrected chi connectivity index (χ3v) is 5.60. The van der Waals surface area contributed by atoms with Crippen LogP contribution in [0.25, 0.3) is 0 Å². The summed E-state index contributed by atoms with van der Waals surface area (Å²) in [6.45, 7) is -2.83. The number of halogens is 4. The van der Waals surface area contributed by atoms with E-state index in [0.29, 0.717) is 12.8 Å². The van der Waals surface area contributed by atoms with E-state index in [2.05, 4.69) is 9.46 Å². The van der Waals surface area contributed by atoms with E-state index in [9.17, 15) is 17.2 Å². The van der Waals surface area contributed by atoms with E-state index >= 15 is 0 Å². The smallest absolute Gasteiger partial charge is 0.387 e. The van der Waals surface area contributed by atoms with Gasteiger partial charge in [-0.1, -0.05) is 24.4 Å². The quantitative estimate of drug-likeness (QED) is 0.782. The van der Waals surface area contributed by atoms with Gasteiger partial charge in [-0.15, -0.1) is 12.4 Å². The second-order valence-electron chi connectivity index (χ2n) is 5.27. The molecule has 3 N–H and O–H groups in total. The number of hydrogen-bond donors (Lipinski definition) is 2. The Morgan fingerprint density at radius 3 is 2.43 bits per heavy atom. The Balaban J connectivity index is 0.00000264. The maximum atomic E-state index is 12.4. The van der Waals surface area contributed by atoms with Crippen LogP contribution in [0.5, 0.6) is 5.75 Å². The lowest BCUT2D eigenvalue weighted by atomic mass is 10.0. The molecule has 5 nitrogen and oxygen atoms in total. The number of benzene rings is 1. The zero-order chi connectivity index (χ0) is 16.4. The molecule has 1 saturated carbocycles. The maximum Gasteiger partial charge on any atom is 0.387 e. The van der Waals surface area contributed by atoms with Crippen molar-refractivity contribution in [2.75, 3.05) is 6.54 Å². The topological polar surface area (TPSA) is 81.4 Å². The van der Waals surface area contributed by atoms with Crippen molar-refractivity contribution < 1.29 is 21.9 Å². The summed E-state index contributed by atoms with van der Waals surface area (Å²) in [6, 6.07) is 3.36. The average molecular weight is 391 g/mol. The van der Waals surface area contributed by atoms with Crippen LogP contribution in [0.2, 0.25) is 5.02 Å². The highest BCUT2D eigenvalue weighted by molar-refractivity contribution is 7.89. The molecule has 0 atom stereocenters. The monoisotopic (exact) mass is 390 g/mol. The highest BCUT2D eigenvalue weighted by atomic mass is 35.5. The second kappa shape index (κ2) is 7.94. The van der Waals surface area contributed by atoms with E-state index in [0.717, 1.165) is 25.0 Å². The Hall–Kier alpha value is -0.670. The Labute approximate surface area is 145 Å². The van der Waals surface area contributed by atoms with Gasteiger partial charge >= 0.3 is 6.61 Å². The molecule has 0 radical (unpaired) electrons. The third-order valence-electron chi connectivity index (χ3n) is 3.73. The summed E-state index contributed by atoms with van der Waals surface area (Å²) in [5.41, 5.74) is 5.06. The van der Waals surface area contributed by atoms with Gasteiger partial charge < -0.3 is 10.5 Å². The van der Waals surface area contributed by atoms with Crippen LogP contribution in [-0.4, -0.2) is 27.1 Å². The first-order valence-corrected chi connectivity index (χ1v) is 8.62. The van der Waals surface area contributed by atoms with Gasteiger partial charge in [0.25, 0.3) is 0 Å². The van der Waals surface area contributed by atoms with Gasteiger partial charge in [-0.2, -0.15) is 8.78 Å². The number of alkyl halides is 2. The van der Waals surface area contributed by atoms with Crippen molar-refractivity contribution in [3.05, 3.63) is 23.2 Å². The second-order valence-corrected chi connectivity index (χ2v) is 7.36. The lowest BCUT2D eigenvalue weighted by molar-refractivity contribution is -0.0498. The summed E-state index contributed by atoms with van der Waals surface area (Å²) in [6.07, 6.45) is 3.15. The van der Waals surface area contributed by atoms with Crippen LogP contribution in [0.4, 0.5) is 8.78 Å². The zero-order valence-electron chi connectivity index (χ0n) is 12.1. The molecule has 10 heteroatoms. The molecule has 0 bridgehead atoms. The first-order valence-electron chi connectivity index (χ1n) is 6.76. The lowest BCUT2D eigenvalue weighted by Gasteiger charge is -2.28. The highest BCUT2D eigenvalue weighted by Gasteiger charge is 2.36. The van der Waals surface area contributed by atoms with Crippen LogP contribution in [-0.2, 0) is 10.0 Å². The van der Waals surface area contributed by atoms with Crippen LogP contribution in [0.15, 0.2) is 23.1 Å². The van der Waals surface area contributed by atoms with Gasteiger partial charge in [0.15, 0.2) is 0 Å². The van der Waals surface area contributed by atoms with Crippen molar-refractivity contribution in [1.29, 1.82) is 0 Å². The Morgan fingerprint density at radius 2 is 1.96 bits per heavy atom. The van der Waals surface area contributed by atoms with Crippen LogP contribution in [0.1, 0.15) is 25.7 Å². The molecule has 1 aromatic rings. The highest BCUT2D eigenvalue weighted by Crippen LogP contribution is 2.32. The fourth-order valence-electron chi connectivity index (χ4n) is 2.58. The third kappa shape index (κ3) is 4.90. The number of rotatable bonds is 6. The van der Waals surface area contributed by atoms with Crippen molar-refractivity contribution in [3.63, 3.8) is 0 Å². The molecule has 23 heavy (non-hydrogen) atoms. The molecule has 0 aromatic heterocycles. The normalized spacial score (nSPS) is 17.1. The molecule has 1 aromatic carbocycles. The molecular weight excluding hydrogens is 373 g/mol. The van der Waals surface area contributed by atoms with Gasteiger partial charge in [-0.3, -0.25) is 0 Å². The fourth-order valence-corrected chi connectivity index (χ4v) is 4.37. The first-order chi connectivity index (χ1) is 10.3. The van der Waals surface area contributed by atoms with Crippen molar-refractivity contribution in [2.45, 2.75) is 42.7 Å².